The highest BCUT2D eigenvalue weighted by molar-refractivity contribution is 6.30. The fourth-order valence-corrected chi connectivity index (χ4v) is 3.44. The van der Waals surface area contributed by atoms with Gasteiger partial charge >= 0.3 is 18.4 Å². The van der Waals surface area contributed by atoms with Gasteiger partial charge in [0, 0.05) is 25.3 Å². The highest BCUT2D eigenvalue weighted by atomic mass is 35.5. The average Bonchev–Trinajstić information content (AvgIpc) is 2.75. The monoisotopic (exact) mass is 568 g/mol. The SMILES string of the molecule is Cl.O=C(Nc1ccc(Cl)c(F)c1)O[C@@H](CN1CCO[C@H](c2ccc(F)c(C(F)(F)F)c2)C1)C(F)(F)F. The standard InChI is InChI=1S/C21H17ClF8N2O3.ClH/c22-14-3-2-12(8-16(14)24)31-19(33)35-18(21(28,29)30)10-32-5-6-34-17(9-32)11-1-4-15(23)13(7-11)20(25,26)27;/h1-4,7-8,17-18H,5-6,9-10H2,(H,31,33);1H/t17-,18-;/m0./s1. The van der Waals surface area contributed by atoms with Crippen molar-refractivity contribution < 1.29 is 49.4 Å². The molecule has 1 heterocycles. The van der Waals surface area contributed by atoms with Crippen molar-refractivity contribution in [2.75, 3.05) is 31.6 Å². The molecule has 0 radical (unpaired) electrons. The predicted molar refractivity (Wildman–Crippen MR) is 115 cm³/mol. The molecule has 1 amide bonds. The topological polar surface area (TPSA) is 50.8 Å². The van der Waals surface area contributed by atoms with Crippen molar-refractivity contribution in [1.29, 1.82) is 0 Å². The van der Waals surface area contributed by atoms with Crippen molar-refractivity contribution in [2.45, 2.75) is 24.6 Å². The van der Waals surface area contributed by atoms with E-state index in [0.717, 1.165) is 24.3 Å². The van der Waals surface area contributed by atoms with Gasteiger partial charge in [-0.25, -0.2) is 13.6 Å². The normalized spacial score (nSPS) is 17.8. The number of benzene rings is 2. The fourth-order valence-electron chi connectivity index (χ4n) is 3.32. The summed E-state index contributed by atoms with van der Waals surface area (Å²) in [6.07, 6.45) is -15.2. The Labute approximate surface area is 210 Å². The van der Waals surface area contributed by atoms with Crippen LogP contribution < -0.4 is 5.32 Å². The largest absolute Gasteiger partial charge is 0.435 e. The molecule has 1 fully saturated rings. The molecule has 0 saturated carbocycles. The van der Waals surface area contributed by atoms with E-state index in [2.05, 4.69) is 4.74 Å². The maximum absolute atomic E-state index is 13.6. The molecular weight excluding hydrogens is 551 g/mol. The number of nitrogens with one attached hydrogen (secondary N) is 1. The Morgan fingerprint density at radius 1 is 1.11 bits per heavy atom. The summed E-state index contributed by atoms with van der Waals surface area (Å²) < 4.78 is 116. The molecule has 0 aromatic heterocycles. The van der Waals surface area contributed by atoms with Gasteiger partial charge in [0.05, 0.1) is 23.3 Å². The molecular formula is C21H18Cl2F8N2O3. The number of carbonyl (C=O) groups is 1. The number of hydrogen-bond donors (Lipinski definition) is 1. The summed E-state index contributed by atoms with van der Waals surface area (Å²) in [6, 6.07) is 5.22. The van der Waals surface area contributed by atoms with E-state index in [1.807, 2.05) is 5.32 Å². The van der Waals surface area contributed by atoms with E-state index in [4.69, 9.17) is 16.3 Å². The van der Waals surface area contributed by atoms with Gasteiger partial charge in [0.1, 0.15) is 11.6 Å². The van der Waals surface area contributed by atoms with Crippen molar-refractivity contribution in [2.24, 2.45) is 0 Å². The minimum atomic E-state index is -4.99. The zero-order chi connectivity index (χ0) is 26.0. The second-order valence-electron chi connectivity index (χ2n) is 7.55. The van der Waals surface area contributed by atoms with Crippen LogP contribution in [0.5, 0.6) is 0 Å². The molecule has 1 aliphatic rings. The number of rotatable bonds is 5. The zero-order valence-electron chi connectivity index (χ0n) is 17.9. The third kappa shape index (κ3) is 7.82. The molecule has 0 aliphatic carbocycles. The van der Waals surface area contributed by atoms with Crippen LogP contribution in [0.15, 0.2) is 36.4 Å². The first-order valence-electron chi connectivity index (χ1n) is 9.94. The maximum atomic E-state index is 13.6. The second-order valence-corrected chi connectivity index (χ2v) is 7.95. The minimum absolute atomic E-state index is 0. The van der Waals surface area contributed by atoms with Crippen LogP contribution in [0, 0.1) is 11.6 Å². The highest BCUT2D eigenvalue weighted by Gasteiger charge is 2.44. The molecule has 1 saturated heterocycles. The van der Waals surface area contributed by atoms with Crippen molar-refractivity contribution in [1.82, 2.24) is 4.90 Å². The minimum Gasteiger partial charge on any atom is -0.435 e. The van der Waals surface area contributed by atoms with E-state index >= 15 is 0 Å². The molecule has 1 N–H and O–H groups in total. The fraction of sp³-hybridized carbons (Fsp3) is 0.381. The molecule has 3 rings (SSSR count). The van der Waals surface area contributed by atoms with Crippen LogP contribution in [0.2, 0.25) is 5.02 Å². The first-order valence-corrected chi connectivity index (χ1v) is 10.3. The lowest BCUT2D eigenvalue weighted by Crippen LogP contribution is -2.48. The summed E-state index contributed by atoms with van der Waals surface area (Å²) in [5.41, 5.74) is -1.79. The summed E-state index contributed by atoms with van der Waals surface area (Å²) in [5, 5.41) is 1.70. The smallest absolute Gasteiger partial charge is 0.426 e. The number of morpholine rings is 1. The van der Waals surface area contributed by atoms with Crippen LogP contribution in [-0.2, 0) is 15.7 Å². The third-order valence-electron chi connectivity index (χ3n) is 5.02. The summed E-state index contributed by atoms with van der Waals surface area (Å²) in [5.74, 6) is -2.41. The lowest BCUT2D eigenvalue weighted by molar-refractivity contribution is -0.209. The quantitative estimate of drug-likeness (QED) is 0.412. The highest BCUT2D eigenvalue weighted by Crippen LogP contribution is 2.34. The van der Waals surface area contributed by atoms with Crippen molar-refractivity contribution in [3.63, 3.8) is 0 Å². The lowest BCUT2D eigenvalue weighted by atomic mass is 10.0. The van der Waals surface area contributed by atoms with E-state index in [0.29, 0.717) is 12.1 Å². The molecule has 1 aliphatic heterocycles. The van der Waals surface area contributed by atoms with Crippen LogP contribution in [0.1, 0.15) is 17.2 Å². The second kappa shape index (κ2) is 11.8. The van der Waals surface area contributed by atoms with Gasteiger partial charge in [-0.2, -0.15) is 26.3 Å². The maximum Gasteiger partial charge on any atom is 0.426 e. The number of halogens is 10. The molecule has 0 spiro atoms. The van der Waals surface area contributed by atoms with Gasteiger partial charge in [-0.05, 0) is 35.9 Å². The Morgan fingerprint density at radius 3 is 2.42 bits per heavy atom. The predicted octanol–water partition coefficient (Wildman–Crippen LogP) is 6.61. The van der Waals surface area contributed by atoms with Gasteiger partial charge in [0.25, 0.3) is 0 Å². The van der Waals surface area contributed by atoms with E-state index in [9.17, 15) is 39.9 Å². The molecule has 0 unspecified atom stereocenters. The Balaban J connectivity index is 0.00000456. The number of hydrogen-bond acceptors (Lipinski definition) is 4. The number of amides is 1. The summed E-state index contributed by atoms with van der Waals surface area (Å²) >= 11 is 5.51. The van der Waals surface area contributed by atoms with E-state index < -0.39 is 54.4 Å². The number of anilines is 1. The number of carbonyl (C=O) groups excluding carboxylic acids is 1. The number of alkyl halides is 6. The van der Waals surface area contributed by atoms with Gasteiger partial charge < -0.3 is 9.47 Å². The van der Waals surface area contributed by atoms with Crippen LogP contribution in [0.25, 0.3) is 0 Å². The van der Waals surface area contributed by atoms with Crippen LogP contribution in [0.4, 0.5) is 45.6 Å². The molecule has 5 nitrogen and oxygen atoms in total. The number of nitrogens with zero attached hydrogens (tertiary/aromatic N) is 1. The van der Waals surface area contributed by atoms with Crippen LogP contribution in [-0.4, -0.2) is 49.5 Å². The van der Waals surface area contributed by atoms with Crippen LogP contribution >= 0.6 is 24.0 Å². The summed E-state index contributed by atoms with van der Waals surface area (Å²) in [4.78, 5) is 13.2. The molecule has 36 heavy (non-hydrogen) atoms. The summed E-state index contributed by atoms with van der Waals surface area (Å²) in [6.45, 7) is -1.30. The van der Waals surface area contributed by atoms with Gasteiger partial charge in [-0.1, -0.05) is 17.7 Å². The molecule has 15 heteroatoms. The zero-order valence-corrected chi connectivity index (χ0v) is 19.5. The molecule has 0 bridgehead atoms. The molecule has 2 aromatic carbocycles. The molecule has 2 aromatic rings. The van der Waals surface area contributed by atoms with Gasteiger partial charge in [0.15, 0.2) is 0 Å². The van der Waals surface area contributed by atoms with Crippen molar-refractivity contribution in [3.05, 3.63) is 64.2 Å². The van der Waals surface area contributed by atoms with E-state index in [-0.39, 0.29) is 48.4 Å². The molecule has 2 atom stereocenters. The van der Waals surface area contributed by atoms with Crippen molar-refractivity contribution in [3.8, 4) is 0 Å². The number of ether oxygens (including phenoxy) is 2. The van der Waals surface area contributed by atoms with Gasteiger partial charge in [-0.15, -0.1) is 12.4 Å². The Bertz CT molecular complexity index is 1070. The van der Waals surface area contributed by atoms with Gasteiger partial charge in [-0.3, -0.25) is 10.2 Å². The van der Waals surface area contributed by atoms with Crippen LogP contribution in [0.3, 0.4) is 0 Å². The average molecular weight is 569 g/mol. The van der Waals surface area contributed by atoms with E-state index in [1.165, 1.54) is 4.90 Å². The Kier molecular flexibility index (Phi) is 9.79. The van der Waals surface area contributed by atoms with E-state index in [1.54, 1.807) is 0 Å². The Hall–Kier alpha value is -2.35. The first-order chi connectivity index (χ1) is 16.2. The van der Waals surface area contributed by atoms with Gasteiger partial charge in [0.2, 0.25) is 6.10 Å². The summed E-state index contributed by atoms with van der Waals surface area (Å²) in [7, 11) is 0. The lowest BCUT2D eigenvalue weighted by Gasteiger charge is -2.35. The molecule has 200 valence electrons. The van der Waals surface area contributed by atoms with Crippen molar-refractivity contribution >= 4 is 35.8 Å². The third-order valence-corrected chi connectivity index (χ3v) is 5.33. The Morgan fingerprint density at radius 2 is 1.81 bits per heavy atom. The first kappa shape index (κ1) is 29.9.